The summed E-state index contributed by atoms with van der Waals surface area (Å²) in [6, 6.07) is 20.4. The van der Waals surface area contributed by atoms with Gasteiger partial charge >= 0.3 is 0 Å². The van der Waals surface area contributed by atoms with Gasteiger partial charge in [-0.1, -0.05) is 42.5 Å². The Morgan fingerprint density at radius 2 is 1.89 bits per heavy atom. The molecule has 2 N–H and O–H groups in total. The third-order valence-corrected chi connectivity index (χ3v) is 5.68. The molecule has 142 valence electrons. The average molecular weight is 371 g/mol. The van der Waals surface area contributed by atoms with Crippen LogP contribution in [0.25, 0.3) is 11.1 Å². The number of anilines is 1. The Kier molecular flexibility index (Phi) is 4.71. The molecule has 0 spiro atoms. The summed E-state index contributed by atoms with van der Waals surface area (Å²) < 4.78 is 5.91. The molecule has 4 nitrogen and oxygen atoms in total. The molecule has 5 rings (SSSR count). The van der Waals surface area contributed by atoms with Crippen LogP contribution in [0.5, 0.6) is 5.75 Å². The fourth-order valence-electron chi connectivity index (χ4n) is 4.00. The maximum absolute atomic E-state index is 5.91. The minimum absolute atomic E-state index is 0.454. The molecule has 2 aliphatic heterocycles. The normalized spacial score (nSPS) is 20.1. The molecule has 2 aromatic carbocycles. The molecule has 4 heteroatoms. The quantitative estimate of drug-likeness (QED) is 0.686. The van der Waals surface area contributed by atoms with Crippen molar-refractivity contribution in [2.24, 2.45) is 0 Å². The second kappa shape index (κ2) is 7.64. The highest BCUT2D eigenvalue weighted by Crippen LogP contribution is 2.28. The highest BCUT2D eigenvalue weighted by atomic mass is 16.5. The lowest BCUT2D eigenvalue weighted by atomic mass is 9.99. The number of ether oxygens (including phenoxy) is 1. The van der Waals surface area contributed by atoms with Gasteiger partial charge in [-0.25, -0.2) is 0 Å². The Balaban J connectivity index is 1.28. The van der Waals surface area contributed by atoms with E-state index in [0.717, 1.165) is 30.7 Å². The van der Waals surface area contributed by atoms with Gasteiger partial charge in [0.25, 0.3) is 0 Å². The molecule has 2 atom stereocenters. The summed E-state index contributed by atoms with van der Waals surface area (Å²) in [5.41, 5.74) is 6.32. The van der Waals surface area contributed by atoms with Gasteiger partial charge < -0.3 is 15.4 Å². The Morgan fingerprint density at radius 3 is 2.75 bits per heavy atom. The first-order valence-corrected chi connectivity index (χ1v) is 10.1. The lowest BCUT2D eigenvalue weighted by Crippen LogP contribution is -2.46. The van der Waals surface area contributed by atoms with Crippen LogP contribution in [-0.4, -0.2) is 30.2 Å². The fourth-order valence-corrected chi connectivity index (χ4v) is 4.00. The standard InChI is InChI=1S/C24H25N3O/c1-2-7-24-19(5-1)12-22(27-24)11-17-4-3-6-18(10-17)20-13-23(15-25-14-20)28-16-21-8-9-26-21/h1-7,10,13-15,21-22,26-27H,8-9,11-12,16H2/t21-,22-/m0/s1. The van der Waals surface area contributed by atoms with E-state index in [1.807, 2.05) is 6.20 Å². The largest absolute Gasteiger partial charge is 0.490 e. The van der Waals surface area contributed by atoms with E-state index in [4.69, 9.17) is 4.74 Å². The number of benzene rings is 2. The first-order valence-electron chi connectivity index (χ1n) is 10.1. The van der Waals surface area contributed by atoms with Crippen molar-refractivity contribution in [3.63, 3.8) is 0 Å². The molecule has 28 heavy (non-hydrogen) atoms. The minimum atomic E-state index is 0.454. The molecule has 1 aromatic heterocycles. The molecule has 0 bridgehead atoms. The molecule has 0 amide bonds. The van der Waals surface area contributed by atoms with Crippen LogP contribution in [0.2, 0.25) is 0 Å². The number of hydrogen-bond acceptors (Lipinski definition) is 4. The lowest BCUT2D eigenvalue weighted by Gasteiger charge is -2.27. The molecular formula is C24H25N3O. The van der Waals surface area contributed by atoms with Gasteiger partial charge in [-0.15, -0.1) is 0 Å². The summed E-state index contributed by atoms with van der Waals surface area (Å²) in [4.78, 5) is 4.39. The summed E-state index contributed by atoms with van der Waals surface area (Å²) in [5, 5.41) is 7.01. The van der Waals surface area contributed by atoms with E-state index < -0.39 is 0 Å². The molecule has 0 unspecified atom stereocenters. The van der Waals surface area contributed by atoms with Gasteiger partial charge in [-0.3, -0.25) is 4.98 Å². The van der Waals surface area contributed by atoms with Gasteiger partial charge in [0.2, 0.25) is 0 Å². The van der Waals surface area contributed by atoms with Crippen LogP contribution in [0.1, 0.15) is 17.5 Å². The summed E-state index contributed by atoms with van der Waals surface area (Å²) in [6.07, 6.45) is 7.00. The van der Waals surface area contributed by atoms with Crippen LogP contribution in [0.4, 0.5) is 5.69 Å². The zero-order valence-corrected chi connectivity index (χ0v) is 15.9. The molecule has 0 aliphatic carbocycles. The van der Waals surface area contributed by atoms with E-state index in [0.29, 0.717) is 18.7 Å². The van der Waals surface area contributed by atoms with Crippen LogP contribution in [-0.2, 0) is 12.8 Å². The van der Waals surface area contributed by atoms with Gasteiger partial charge in [0.1, 0.15) is 12.4 Å². The number of nitrogens with zero attached hydrogens (tertiary/aromatic N) is 1. The predicted octanol–water partition coefficient (Wildman–Crippen LogP) is 4.07. The number of para-hydroxylation sites is 1. The zero-order valence-electron chi connectivity index (χ0n) is 15.9. The number of aromatic nitrogens is 1. The summed E-state index contributed by atoms with van der Waals surface area (Å²) in [7, 11) is 0. The molecule has 1 fully saturated rings. The number of rotatable bonds is 6. The fraction of sp³-hybridized carbons (Fsp3) is 0.292. The van der Waals surface area contributed by atoms with Crippen LogP contribution in [0.3, 0.4) is 0 Å². The van der Waals surface area contributed by atoms with Crippen molar-refractivity contribution in [2.75, 3.05) is 18.5 Å². The van der Waals surface area contributed by atoms with E-state index in [9.17, 15) is 0 Å². The van der Waals surface area contributed by atoms with E-state index in [1.165, 1.54) is 28.8 Å². The van der Waals surface area contributed by atoms with Crippen LogP contribution in [0.15, 0.2) is 67.0 Å². The number of hydrogen-bond donors (Lipinski definition) is 2. The SMILES string of the molecule is c1cc(C[C@H]2Cc3ccccc3N2)cc(-c2cncc(OC[C@@H]3CCN3)c2)c1. The molecule has 3 heterocycles. The summed E-state index contributed by atoms with van der Waals surface area (Å²) >= 11 is 0. The number of nitrogens with one attached hydrogen (secondary N) is 2. The van der Waals surface area contributed by atoms with Gasteiger partial charge in [0.15, 0.2) is 0 Å². The molecule has 3 aromatic rings. The lowest BCUT2D eigenvalue weighted by molar-refractivity contribution is 0.217. The van der Waals surface area contributed by atoms with E-state index in [1.54, 1.807) is 6.20 Å². The van der Waals surface area contributed by atoms with Crippen molar-refractivity contribution in [2.45, 2.75) is 31.3 Å². The molecule has 2 aliphatic rings. The van der Waals surface area contributed by atoms with Gasteiger partial charge in [-0.2, -0.15) is 0 Å². The van der Waals surface area contributed by atoms with Crippen molar-refractivity contribution in [1.29, 1.82) is 0 Å². The average Bonchev–Trinajstić information content (AvgIpc) is 3.09. The van der Waals surface area contributed by atoms with Crippen LogP contribution < -0.4 is 15.4 Å². The second-order valence-electron chi connectivity index (χ2n) is 7.77. The third kappa shape index (κ3) is 3.73. The van der Waals surface area contributed by atoms with E-state index in [2.05, 4.69) is 70.2 Å². The smallest absolute Gasteiger partial charge is 0.138 e. The number of fused-ring (bicyclic) bond motifs is 1. The predicted molar refractivity (Wildman–Crippen MR) is 113 cm³/mol. The minimum Gasteiger partial charge on any atom is -0.490 e. The Bertz CT molecular complexity index is 942. The molecular weight excluding hydrogens is 346 g/mol. The van der Waals surface area contributed by atoms with Gasteiger partial charge in [-0.05, 0) is 54.6 Å². The van der Waals surface area contributed by atoms with Crippen molar-refractivity contribution in [3.8, 4) is 16.9 Å². The highest BCUT2D eigenvalue weighted by Gasteiger charge is 2.20. The first kappa shape index (κ1) is 17.3. The van der Waals surface area contributed by atoms with Gasteiger partial charge in [0, 0.05) is 29.5 Å². The first-order chi connectivity index (χ1) is 13.8. The van der Waals surface area contributed by atoms with E-state index in [-0.39, 0.29) is 0 Å². The van der Waals surface area contributed by atoms with Gasteiger partial charge in [0.05, 0.1) is 6.20 Å². The topological polar surface area (TPSA) is 46.2 Å². The maximum atomic E-state index is 5.91. The van der Waals surface area contributed by atoms with Crippen molar-refractivity contribution >= 4 is 5.69 Å². The van der Waals surface area contributed by atoms with Crippen LogP contribution in [0, 0.1) is 0 Å². The Hall–Kier alpha value is -2.85. The monoisotopic (exact) mass is 371 g/mol. The van der Waals surface area contributed by atoms with Crippen molar-refractivity contribution in [1.82, 2.24) is 10.3 Å². The second-order valence-corrected chi connectivity index (χ2v) is 7.77. The van der Waals surface area contributed by atoms with E-state index >= 15 is 0 Å². The summed E-state index contributed by atoms with van der Waals surface area (Å²) in [5.74, 6) is 0.838. The van der Waals surface area contributed by atoms with Crippen molar-refractivity contribution < 1.29 is 4.74 Å². The summed E-state index contributed by atoms with van der Waals surface area (Å²) in [6.45, 7) is 1.80. The van der Waals surface area contributed by atoms with Crippen molar-refractivity contribution in [3.05, 3.63) is 78.1 Å². The Labute approximate surface area is 166 Å². The third-order valence-electron chi connectivity index (χ3n) is 5.68. The Morgan fingerprint density at radius 1 is 0.964 bits per heavy atom. The molecule has 1 saturated heterocycles. The molecule has 0 radical (unpaired) electrons. The molecule has 0 saturated carbocycles. The number of pyridine rings is 1. The zero-order chi connectivity index (χ0) is 18.8. The maximum Gasteiger partial charge on any atom is 0.138 e. The highest BCUT2D eigenvalue weighted by molar-refractivity contribution is 5.65. The van der Waals surface area contributed by atoms with Crippen LogP contribution >= 0.6 is 0 Å².